The van der Waals surface area contributed by atoms with Gasteiger partial charge in [-0.15, -0.1) is 0 Å². The first-order chi connectivity index (χ1) is 9.54. The van der Waals surface area contributed by atoms with Crippen molar-refractivity contribution < 1.29 is 5.11 Å². The lowest BCUT2D eigenvalue weighted by Crippen LogP contribution is -2.22. The summed E-state index contributed by atoms with van der Waals surface area (Å²) in [6.45, 7) is 4.61. The van der Waals surface area contributed by atoms with E-state index in [1.807, 2.05) is 30.3 Å². The fourth-order valence-corrected chi connectivity index (χ4v) is 1.78. The predicted octanol–water partition coefficient (Wildman–Crippen LogP) is 2.94. The number of anilines is 1. The molecule has 2 aromatic rings. The molecule has 0 aromatic heterocycles. The molecule has 0 aliphatic heterocycles. The number of rotatable bonds is 3. The van der Waals surface area contributed by atoms with E-state index in [1.165, 1.54) is 11.1 Å². The summed E-state index contributed by atoms with van der Waals surface area (Å²) in [5, 5.41) is 12.3. The second-order valence-electron chi connectivity index (χ2n) is 4.79. The number of aryl methyl sites for hydroxylation is 2. The summed E-state index contributed by atoms with van der Waals surface area (Å²) in [6.07, 6.45) is 0. The van der Waals surface area contributed by atoms with Gasteiger partial charge in [0, 0.05) is 5.69 Å². The third kappa shape index (κ3) is 3.75. The third-order valence-electron chi connectivity index (χ3n) is 3.15. The van der Waals surface area contributed by atoms with E-state index in [4.69, 9.17) is 5.73 Å². The largest absolute Gasteiger partial charge is 0.508 e. The average molecular weight is 269 g/mol. The smallest absolute Gasteiger partial charge is 0.193 e. The molecule has 0 heterocycles. The predicted molar refractivity (Wildman–Crippen MR) is 83.0 cm³/mol. The monoisotopic (exact) mass is 269 g/mol. The van der Waals surface area contributed by atoms with E-state index in [0.29, 0.717) is 12.5 Å². The summed E-state index contributed by atoms with van der Waals surface area (Å²) in [5.41, 5.74) is 10.2. The van der Waals surface area contributed by atoms with Gasteiger partial charge in [0.05, 0.1) is 6.54 Å². The molecule has 0 radical (unpaired) electrons. The SMILES string of the molecule is Cc1ccc(NC(N)=NCc2ccc(O)cc2)cc1C. The summed E-state index contributed by atoms with van der Waals surface area (Å²) < 4.78 is 0. The van der Waals surface area contributed by atoms with Crippen molar-refractivity contribution in [2.24, 2.45) is 10.7 Å². The van der Waals surface area contributed by atoms with Crippen LogP contribution in [0.2, 0.25) is 0 Å². The fraction of sp³-hybridized carbons (Fsp3) is 0.188. The van der Waals surface area contributed by atoms with E-state index in [2.05, 4.69) is 24.2 Å². The maximum absolute atomic E-state index is 9.20. The van der Waals surface area contributed by atoms with Gasteiger partial charge in [0.25, 0.3) is 0 Å². The third-order valence-corrected chi connectivity index (χ3v) is 3.15. The molecular weight excluding hydrogens is 250 g/mol. The van der Waals surface area contributed by atoms with E-state index >= 15 is 0 Å². The molecule has 104 valence electrons. The van der Waals surface area contributed by atoms with Crippen LogP contribution >= 0.6 is 0 Å². The van der Waals surface area contributed by atoms with Gasteiger partial charge in [-0.25, -0.2) is 4.99 Å². The minimum atomic E-state index is 0.249. The van der Waals surface area contributed by atoms with Crippen molar-refractivity contribution in [3.8, 4) is 5.75 Å². The summed E-state index contributed by atoms with van der Waals surface area (Å²) in [6, 6.07) is 13.0. The first-order valence-corrected chi connectivity index (χ1v) is 6.47. The van der Waals surface area contributed by atoms with Crippen molar-refractivity contribution in [3.05, 3.63) is 59.2 Å². The van der Waals surface area contributed by atoms with E-state index < -0.39 is 0 Å². The van der Waals surface area contributed by atoms with Crippen LogP contribution < -0.4 is 11.1 Å². The minimum Gasteiger partial charge on any atom is -0.508 e. The van der Waals surface area contributed by atoms with Crippen LogP contribution in [-0.4, -0.2) is 11.1 Å². The number of phenols is 1. The van der Waals surface area contributed by atoms with Gasteiger partial charge in [0.15, 0.2) is 5.96 Å². The van der Waals surface area contributed by atoms with Crippen LogP contribution in [-0.2, 0) is 6.54 Å². The first kappa shape index (κ1) is 13.9. The number of guanidine groups is 1. The highest BCUT2D eigenvalue weighted by Gasteiger charge is 1.98. The van der Waals surface area contributed by atoms with Crippen molar-refractivity contribution in [1.82, 2.24) is 0 Å². The van der Waals surface area contributed by atoms with Gasteiger partial charge < -0.3 is 16.2 Å². The zero-order valence-electron chi connectivity index (χ0n) is 11.7. The van der Waals surface area contributed by atoms with Gasteiger partial charge in [-0.1, -0.05) is 18.2 Å². The lowest BCUT2D eigenvalue weighted by atomic mass is 10.1. The second kappa shape index (κ2) is 6.10. The molecule has 0 fully saturated rings. The van der Waals surface area contributed by atoms with Gasteiger partial charge in [0.1, 0.15) is 5.75 Å². The van der Waals surface area contributed by atoms with Crippen molar-refractivity contribution in [1.29, 1.82) is 0 Å². The lowest BCUT2D eigenvalue weighted by molar-refractivity contribution is 0.475. The number of hydrogen-bond acceptors (Lipinski definition) is 2. The van der Waals surface area contributed by atoms with Crippen LogP contribution in [0.15, 0.2) is 47.5 Å². The Bertz CT molecular complexity index is 618. The maximum atomic E-state index is 9.20. The Kier molecular flexibility index (Phi) is 4.25. The van der Waals surface area contributed by atoms with Crippen molar-refractivity contribution in [2.45, 2.75) is 20.4 Å². The van der Waals surface area contributed by atoms with Crippen molar-refractivity contribution in [2.75, 3.05) is 5.32 Å². The topological polar surface area (TPSA) is 70.6 Å². The number of hydrogen-bond donors (Lipinski definition) is 3. The molecule has 0 aliphatic carbocycles. The zero-order chi connectivity index (χ0) is 14.5. The van der Waals surface area contributed by atoms with Gasteiger partial charge in [-0.3, -0.25) is 0 Å². The van der Waals surface area contributed by atoms with E-state index in [1.54, 1.807) is 12.1 Å². The van der Waals surface area contributed by atoms with Crippen molar-refractivity contribution in [3.63, 3.8) is 0 Å². The Labute approximate surface area is 119 Å². The lowest BCUT2D eigenvalue weighted by Gasteiger charge is -2.08. The summed E-state index contributed by atoms with van der Waals surface area (Å²) in [4.78, 5) is 4.27. The average Bonchev–Trinajstić information content (AvgIpc) is 2.42. The Balaban J connectivity index is 2.00. The molecule has 0 saturated carbocycles. The van der Waals surface area contributed by atoms with Crippen LogP contribution in [0.3, 0.4) is 0 Å². The molecule has 0 saturated heterocycles. The quantitative estimate of drug-likeness (QED) is 0.592. The molecule has 4 nitrogen and oxygen atoms in total. The number of nitrogens with zero attached hydrogens (tertiary/aromatic N) is 1. The highest BCUT2D eigenvalue weighted by atomic mass is 16.3. The van der Waals surface area contributed by atoms with E-state index in [-0.39, 0.29) is 5.75 Å². The van der Waals surface area contributed by atoms with Gasteiger partial charge >= 0.3 is 0 Å². The molecule has 4 N–H and O–H groups in total. The molecule has 0 bridgehead atoms. The molecular formula is C16H19N3O. The normalized spacial score (nSPS) is 11.4. The molecule has 2 rings (SSSR count). The molecule has 20 heavy (non-hydrogen) atoms. The standard InChI is InChI=1S/C16H19N3O/c1-11-3-6-14(9-12(11)2)19-16(17)18-10-13-4-7-15(20)8-5-13/h3-9,20H,10H2,1-2H3,(H3,17,18,19). The summed E-state index contributed by atoms with van der Waals surface area (Å²) >= 11 is 0. The highest BCUT2D eigenvalue weighted by Crippen LogP contribution is 2.14. The van der Waals surface area contributed by atoms with Crippen LogP contribution in [0.25, 0.3) is 0 Å². The molecule has 0 aliphatic rings. The van der Waals surface area contributed by atoms with Crippen LogP contribution in [0, 0.1) is 13.8 Å². The maximum Gasteiger partial charge on any atom is 0.193 e. The van der Waals surface area contributed by atoms with Gasteiger partial charge in [0.2, 0.25) is 0 Å². The van der Waals surface area contributed by atoms with Crippen LogP contribution in [0.1, 0.15) is 16.7 Å². The Morgan fingerprint density at radius 3 is 2.45 bits per heavy atom. The van der Waals surface area contributed by atoms with Gasteiger partial charge in [-0.2, -0.15) is 0 Å². The molecule has 0 amide bonds. The number of nitrogens with two attached hydrogens (primary N) is 1. The van der Waals surface area contributed by atoms with Crippen LogP contribution in [0.5, 0.6) is 5.75 Å². The fourth-order valence-electron chi connectivity index (χ4n) is 1.78. The Hall–Kier alpha value is -2.49. The first-order valence-electron chi connectivity index (χ1n) is 6.47. The number of aromatic hydroxyl groups is 1. The highest BCUT2D eigenvalue weighted by molar-refractivity contribution is 5.92. The second-order valence-corrected chi connectivity index (χ2v) is 4.79. The number of nitrogens with one attached hydrogen (secondary N) is 1. The summed E-state index contributed by atoms with van der Waals surface area (Å²) in [5.74, 6) is 0.625. The van der Waals surface area contributed by atoms with Crippen molar-refractivity contribution >= 4 is 11.6 Å². The molecule has 0 spiro atoms. The van der Waals surface area contributed by atoms with E-state index in [0.717, 1.165) is 11.3 Å². The minimum absolute atomic E-state index is 0.249. The zero-order valence-corrected chi connectivity index (χ0v) is 11.7. The molecule has 0 atom stereocenters. The Morgan fingerprint density at radius 2 is 1.80 bits per heavy atom. The van der Waals surface area contributed by atoms with Gasteiger partial charge in [-0.05, 0) is 54.8 Å². The number of phenolic OH excluding ortho intramolecular Hbond substituents is 1. The Morgan fingerprint density at radius 1 is 1.10 bits per heavy atom. The molecule has 2 aromatic carbocycles. The number of aliphatic imine (C=N–C) groups is 1. The summed E-state index contributed by atoms with van der Waals surface area (Å²) in [7, 11) is 0. The van der Waals surface area contributed by atoms with Crippen LogP contribution in [0.4, 0.5) is 5.69 Å². The van der Waals surface area contributed by atoms with E-state index in [9.17, 15) is 5.11 Å². The molecule has 4 heteroatoms. The number of benzene rings is 2. The molecule has 0 unspecified atom stereocenters.